The smallest absolute Gasteiger partial charge is 0.253 e. The number of carbonyl (C=O) groups excluding carboxylic acids is 1. The normalized spacial score (nSPS) is 12.4. The first kappa shape index (κ1) is 27.4. The van der Waals surface area contributed by atoms with E-state index in [1.54, 1.807) is 12.1 Å². The van der Waals surface area contributed by atoms with Crippen molar-refractivity contribution in [3.63, 3.8) is 0 Å². The first-order valence-corrected chi connectivity index (χ1v) is 13.0. The lowest BCUT2D eigenvalue weighted by molar-refractivity contribution is 0.0783. The molecule has 0 spiro atoms. The second kappa shape index (κ2) is 12.7. The van der Waals surface area contributed by atoms with Crippen LogP contribution in [0.2, 0.25) is 0 Å². The standard InChI is InChI=1S/C31H41N3O2/c1-6-19-34(20-7-2)22-23-9-8-10-25(21-23)30(36)33-29(35)24-11-15-27(16-12-24)32-28-17-13-26(14-18-28)31(3,4)5/h8-18,21,30,32,36H,6-7,19-20,22H2,1-5H3,(H,33,35). The number of carbonyl (C=O) groups is 1. The van der Waals surface area contributed by atoms with E-state index in [0.29, 0.717) is 11.1 Å². The number of rotatable bonds is 11. The Balaban J connectivity index is 1.59. The zero-order valence-electron chi connectivity index (χ0n) is 22.3. The molecular formula is C31H41N3O2. The van der Waals surface area contributed by atoms with E-state index in [-0.39, 0.29) is 11.3 Å². The summed E-state index contributed by atoms with van der Waals surface area (Å²) in [6.45, 7) is 13.9. The van der Waals surface area contributed by atoms with E-state index in [1.165, 1.54) is 5.56 Å². The second-order valence-electron chi connectivity index (χ2n) is 10.4. The van der Waals surface area contributed by atoms with Crippen LogP contribution in [0.25, 0.3) is 0 Å². The molecule has 5 nitrogen and oxygen atoms in total. The third-order valence-corrected chi connectivity index (χ3v) is 6.21. The first-order chi connectivity index (χ1) is 17.2. The van der Waals surface area contributed by atoms with Crippen LogP contribution in [0.3, 0.4) is 0 Å². The molecule has 3 aromatic carbocycles. The highest BCUT2D eigenvalue weighted by molar-refractivity contribution is 5.94. The van der Waals surface area contributed by atoms with Gasteiger partial charge in [-0.2, -0.15) is 0 Å². The highest BCUT2D eigenvalue weighted by Crippen LogP contribution is 2.25. The lowest BCUT2D eigenvalue weighted by Crippen LogP contribution is -2.28. The lowest BCUT2D eigenvalue weighted by Gasteiger charge is -2.22. The molecule has 0 fully saturated rings. The molecule has 3 aromatic rings. The molecule has 1 atom stereocenters. The van der Waals surface area contributed by atoms with Gasteiger partial charge in [-0.1, -0.05) is 71.0 Å². The monoisotopic (exact) mass is 487 g/mol. The molecule has 0 saturated heterocycles. The first-order valence-electron chi connectivity index (χ1n) is 13.0. The van der Waals surface area contributed by atoms with E-state index in [2.05, 4.69) is 80.5 Å². The minimum absolute atomic E-state index is 0.115. The number of nitrogens with zero attached hydrogens (tertiary/aromatic N) is 1. The maximum absolute atomic E-state index is 12.8. The average molecular weight is 488 g/mol. The van der Waals surface area contributed by atoms with Crippen LogP contribution in [0, 0.1) is 0 Å². The Bertz CT molecular complexity index is 1100. The molecule has 3 rings (SSSR count). The number of benzene rings is 3. The third kappa shape index (κ3) is 7.94. The number of anilines is 2. The van der Waals surface area contributed by atoms with Crippen molar-refractivity contribution in [2.45, 2.75) is 65.6 Å². The fraction of sp³-hybridized carbons (Fsp3) is 0.387. The van der Waals surface area contributed by atoms with Crippen LogP contribution < -0.4 is 10.6 Å². The zero-order chi connectivity index (χ0) is 26.1. The highest BCUT2D eigenvalue weighted by Gasteiger charge is 2.15. The Kier molecular flexibility index (Phi) is 9.68. The zero-order valence-corrected chi connectivity index (χ0v) is 22.3. The van der Waals surface area contributed by atoms with Crippen LogP contribution in [0.5, 0.6) is 0 Å². The number of amides is 1. The Morgan fingerprint density at radius 2 is 1.47 bits per heavy atom. The summed E-state index contributed by atoms with van der Waals surface area (Å²) in [5.74, 6) is -0.312. The summed E-state index contributed by atoms with van der Waals surface area (Å²) >= 11 is 0. The number of hydrogen-bond donors (Lipinski definition) is 3. The van der Waals surface area contributed by atoms with Crippen LogP contribution in [0.4, 0.5) is 11.4 Å². The van der Waals surface area contributed by atoms with Crippen LogP contribution in [-0.2, 0) is 12.0 Å². The molecule has 5 heteroatoms. The van der Waals surface area contributed by atoms with Crippen LogP contribution in [-0.4, -0.2) is 29.0 Å². The van der Waals surface area contributed by atoms with E-state index in [9.17, 15) is 9.90 Å². The van der Waals surface area contributed by atoms with E-state index in [1.807, 2.05) is 30.3 Å². The Morgan fingerprint density at radius 3 is 2.03 bits per heavy atom. The van der Waals surface area contributed by atoms with E-state index in [4.69, 9.17) is 0 Å². The van der Waals surface area contributed by atoms with Gasteiger partial charge >= 0.3 is 0 Å². The molecule has 192 valence electrons. The molecule has 0 radical (unpaired) electrons. The summed E-state index contributed by atoms with van der Waals surface area (Å²) in [6, 6.07) is 23.5. The molecule has 3 N–H and O–H groups in total. The summed E-state index contributed by atoms with van der Waals surface area (Å²) in [7, 11) is 0. The summed E-state index contributed by atoms with van der Waals surface area (Å²) in [6.07, 6.45) is 1.15. The molecule has 0 aromatic heterocycles. The minimum atomic E-state index is -1.07. The van der Waals surface area contributed by atoms with Gasteiger partial charge in [-0.3, -0.25) is 9.69 Å². The minimum Gasteiger partial charge on any atom is -0.369 e. The number of hydrogen-bond acceptors (Lipinski definition) is 4. The van der Waals surface area contributed by atoms with Crippen LogP contribution in [0.1, 0.15) is 80.7 Å². The number of aliphatic hydroxyl groups excluding tert-OH is 1. The molecule has 1 amide bonds. The second-order valence-corrected chi connectivity index (χ2v) is 10.4. The van der Waals surface area contributed by atoms with Gasteiger partial charge < -0.3 is 15.7 Å². The molecule has 0 bridgehead atoms. The largest absolute Gasteiger partial charge is 0.369 e. The molecule has 1 unspecified atom stereocenters. The van der Waals surface area contributed by atoms with Crippen molar-refractivity contribution in [2.24, 2.45) is 0 Å². The Labute approximate surface area is 216 Å². The SMILES string of the molecule is CCCN(CCC)Cc1cccc(C(O)NC(=O)c2ccc(Nc3ccc(C(C)(C)C)cc3)cc2)c1. The Hall–Kier alpha value is -3.15. The third-order valence-electron chi connectivity index (χ3n) is 6.21. The Morgan fingerprint density at radius 1 is 0.889 bits per heavy atom. The van der Waals surface area contributed by atoms with Crippen molar-refractivity contribution in [3.05, 3.63) is 95.1 Å². The molecule has 0 aliphatic heterocycles. The summed E-state index contributed by atoms with van der Waals surface area (Å²) in [5, 5.41) is 16.8. The van der Waals surface area contributed by atoms with Gasteiger partial charge in [-0.05, 0) is 78.9 Å². The van der Waals surface area contributed by atoms with Gasteiger partial charge in [0.2, 0.25) is 0 Å². The predicted octanol–water partition coefficient (Wildman–Crippen LogP) is 6.77. The number of aliphatic hydroxyl groups is 1. The maximum atomic E-state index is 12.8. The highest BCUT2D eigenvalue weighted by atomic mass is 16.3. The van der Waals surface area contributed by atoms with Crippen molar-refractivity contribution in [1.29, 1.82) is 0 Å². The molecular weight excluding hydrogens is 446 g/mol. The van der Waals surface area contributed by atoms with Crippen molar-refractivity contribution in [3.8, 4) is 0 Å². The average Bonchev–Trinajstić information content (AvgIpc) is 2.85. The van der Waals surface area contributed by atoms with Gasteiger partial charge in [0.15, 0.2) is 6.23 Å². The van der Waals surface area contributed by atoms with E-state index < -0.39 is 6.23 Å². The molecule has 0 saturated carbocycles. The van der Waals surface area contributed by atoms with Crippen LogP contribution in [0.15, 0.2) is 72.8 Å². The van der Waals surface area contributed by atoms with Gasteiger partial charge in [0.05, 0.1) is 0 Å². The lowest BCUT2D eigenvalue weighted by atomic mass is 9.87. The quantitative estimate of drug-likeness (QED) is 0.261. The van der Waals surface area contributed by atoms with Crippen molar-refractivity contribution >= 4 is 17.3 Å². The van der Waals surface area contributed by atoms with E-state index in [0.717, 1.165) is 49.4 Å². The molecule has 36 heavy (non-hydrogen) atoms. The number of nitrogens with one attached hydrogen (secondary N) is 2. The van der Waals surface area contributed by atoms with Crippen LogP contribution >= 0.6 is 0 Å². The van der Waals surface area contributed by atoms with Crippen molar-refractivity contribution in [1.82, 2.24) is 10.2 Å². The van der Waals surface area contributed by atoms with Gasteiger partial charge in [0.1, 0.15) is 0 Å². The summed E-state index contributed by atoms with van der Waals surface area (Å²) in [5.41, 5.74) is 5.60. The maximum Gasteiger partial charge on any atom is 0.253 e. The molecule has 0 heterocycles. The van der Waals surface area contributed by atoms with Gasteiger partial charge in [-0.25, -0.2) is 0 Å². The summed E-state index contributed by atoms with van der Waals surface area (Å²) < 4.78 is 0. The van der Waals surface area contributed by atoms with Crippen molar-refractivity contribution in [2.75, 3.05) is 18.4 Å². The van der Waals surface area contributed by atoms with E-state index >= 15 is 0 Å². The van der Waals surface area contributed by atoms with Gasteiger partial charge in [0, 0.05) is 29.0 Å². The fourth-order valence-corrected chi connectivity index (χ4v) is 4.24. The molecule has 0 aliphatic carbocycles. The van der Waals surface area contributed by atoms with Gasteiger partial charge in [-0.15, -0.1) is 0 Å². The fourth-order valence-electron chi connectivity index (χ4n) is 4.24. The predicted molar refractivity (Wildman–Crippen MR) is 150 cm³/mol. The van der Waals surface area contributed by atoms with Crippen molar-refractivity contribution < 1.29 is 9.90 Å². The molecule has 0 aliphatic rings. The summed E-state index contributed by atoms with van der Waals surface area (Å²) in [4.78, 5) is 15.2. The van der Waals surface area contributed by atoms with Gasteiger partial charge in [0.25, 0.3) is 5.91 Å². The topological polar surface area (TPSA) is 64.6 Å².